The van der Waals surface area contributed by atoms with Gasteiger partial charge in [-0.1, -0.05) is 20.8 Å². The molecule has 0 unspecified atom stereocenters. The van der Waals surface area contributed by atoms with Crippen LogP contribution in [-0.2, 0) is 10.0 Å². The molecule has 1 N–H and O–H groups in total. The molecular weight excluding hydrogens is 310 g/mol. The number of carbonyl (C=O) groups is 1. The summed E-state index contributed by atoms with van der Waals surface area (Å²) in [5.74, 6) is -0.582. The summed E-state index contributed by atoms with van der Waals surface area (Å²) in [5.41, 5.74) is 0.220. The Morgan fingerprint density at radius 2 is 1.90 bits per heavy atom. The number of thiophene rings is 1. The zero-order valence-corrected chi connectivity index (χ0v) is 14.1. The van der Waals surface area contributed by atoms with Gasteiger partial charge >= 0.3 is 5.97 Å². The molecule has 0 amide bonds. The number of sulfonamides is 1. The highest BCUT2D eigenvalue weighted by Crippen LogP contribution is 2.36. The second kappa shape index (κ2) is 5.70. The molecule has 2 rings (SSSR count). The standard InChI is InChI=1S/C14H21NO4S2/c1-14(2,3)11-4-6-15(7-5-11)21(18,19)12-8-10(9-20-12)13(16)17/h8-9,11H,4-7H2,1-3H3,(H,16,17). The van der Waals surface area contributed by atoms with Crippen LogP contribution in [-0.4, -0.2) is 36.9 Å². The van der Waals surface area contributed by atoms with E-state index in [4.69, 9.17) is 5.11 Å². The number of nitrogens with zero attached hydrogens (tertiary/aromatic N) is 1. The minimum atomic E-state index is -3.56. The lowest BCUT2D eigenvalue weighted by Crippen LogP contribution is -2.41. The summed E-state index contributed by atoms with van der Waals surface area (Å²) in [6.45, 7) is 7.55. The molecule has 21 heavy (non-hydrogen) atoms. The summed E-state index contributed by atoms with van der Waals surface area (Å²) in [4.78, 5) is 10.9. The molecule has 7 heteroatoms. The van der Waals surface area contributed by atoms with Gasteiger partial charge < -0.3 is 5.11 Å². The van der Waals surface area contributed by atoms with Crippen LogP contribution in [0, 0.1) is 11.3 Å². The molecule has 1 aromatic heterocycles. The van der Waals surface area contributed by atoms with Gasteiger partial charge in [-0.2, -0.15) is 4.31 Å². The van der Waals surface area contributed by atoms with Gasteiger partial charge in [0, 0.05) is 18.5 Å². The molecule has 1 saturated heterocycles. The van der Waals surface area contributed by atoms with E-state index >= 15 is 0 Å². The van der Waals surface area contributed by atoms with E-state index < -0.39 is 16.0 Å². The number of piperidine rings is 1. The third kappa shape index (κ3) is 3.46. The first kappa shape index (κ1) is 16.5. The first-order valence-corrected chi connectivity index (χ1v) is 9.26. The summed E-state index contributed by atoms with van der Waals surface area (Å²) in [6.07, 6.45) is 1.69. The van der Waals surface area contributed by atoms with E-state index in [1.807, 2.05) is 0 Å². The van der Waals surface area contributed by atoms with E-state index in [1.165, 1.54) is 15.8 Å². The maximum Gasteiger partial charge on any atom is 0.336 e. The Bertz CT molecular complexity index is 620. The number of hydrogen-bond acceptors (Lipinski definition) is 4. The van der Waals surface area contributed by atoms with Crippen molar-refractivity contribution in [2.24, 2.45) is 11.3 Å². The first-order chi connectivity index (χ1) is 9.62. The largest absolute Gasteiger partial charge is 0.478 e. The maximum atomic E-state index is 12.5. The SMILES string of the molecule is CC(C)(C)C1CCN(S(=O)(=O)c2cc(C(=O)O)cs2)CC1. The molecule has 1 fully saturated rings. The van der Waals surface area contributed by atoms with Crippen molar-refractivity contribution in [1.82, 2.24) is 4.31 Å². The fourth-order valence-electron chi connectivity index (χ4n) is 2.65. The highest BCUT2D eigenvalue weighted by atomic mass is 32.2. The van der Waals surface area contributed by atoms with Crippen LogP contribution in [0.2, 0.25) is 0 Å². The Labute approximate surface area is 129 Å². The Hall–Kier alpha value is -0.920. The Morgan fingerprint density at radius 1 is 1.33 bits per heavy atom. The summed E-state index contributed by atoms with van der Waals surface area (Å²) in [6, 6.07) is 1.25. The lowest BCUT2D eigenvalue weighted by molar-refractivity contribution is 0.0697. The van der Waals surface area contributed by atoms with Crippen LogP contribution < -0.4 is 0 Å². The molecule has 2 heterocycles. The van der Waals surface area contributed by atoms with E-state index in [0.29, 0.717) is 19.0 Å². The molecule has 0 aliphatic carbocycles. The summed E-state index contributed by atoms with van der Waals surface area (Å²) in [7, 11) is -3.56. The fraction of sp³-hybridized carbons (Fsp3) is 0.643. The van der Waals surface area contributed by atoms with E-state index in [2.05, 4.69) is 20.8 Å². The number of carboxylic acids is 1. The molecule has 0 aromatic carbocycles. The van der Waals surface area contributed by atoms with Crippen LogP contribution in [0.25, 0.3) is 0 Å². The number of aromatic carboxylic acids is 1. The topological polar surface area (TPSA) is 74.7 Å². The number of carboxylic acid groups (broad SMARTS) is 1. The van der Waals surface area contributed by atoms with Crippen LogP contribution in [0.4, 0.5) is 0 Å². The maximum absolute atomic E-state index is 12.5. The van der Waals surface area contributed by atoms with Gasteiger partial charge in [-0.05, 0) is 30.2 Å². The van der Waals surface area contributed by atoms with Crippen LogP contribution >= 0.6 is 11.3 Å². The molecule has 118 valence electrons. The van der Waals surface area contributed by atoms with Gasteiger partial charge in [0.2, 0.25) is 0 Å². The lowest BCUT2D eigenvalue weighted by Gasteiger charge is -2.37. The summed E-state index contributed by atoms with van der Waals surface area (Å²) in [5, 5.41) is 10.3. The molecule has 5 nitrogen and oxygen atoms in total. The molecular formula is C14H21NO4S2. The van der Waals surface area contributed by atoms with Gasteiger partial charge in [0.1, 0.15) is 4.21 Å². The monoisotopic (exact) mass is 331 g/mol. The van der Waals surface area contributed by atoms with E-state index in [1.54, 1.807) is 0 Å². The molecule has 0 bridgehead atoms. The smallest absolute Gasteiger partial charge is 0.336 e. The van der Waals surface area contributed by atoms with Crippen molar-refractivity contribution >= 4 is 27.3 Å². The third-order valence-corrected chi connectivity index (χ3v) is 7.41. The summed E-state index contributed by atoms with van der Waals surface area (Å²) < 4.78 is 26.6. The minimum Gasteiger partial charge on any atom is -0.478 e. The third-order valence-electron chi connectivity index (χ3n) is 4.10. The zero-order chi connectivity index (χ0) is 15.8. The lowest BCUT2D eigenvalue weighted by atomic mass is 9.76. The second-order valence-corrected chi connectivity index (χ2v) is 9.58. The van der Waals surface area contributed by atoms with E-state index in [-0.39, 0.29) is 15.2 Å². The van der Waals surface area contributed by atoms with Crippen molar-refractivity contribution in [2.45, 2.75) is 37.8 Å². The first-order valence-electron chi connectivity index (χ1n) is 6.94. The number of rotatable bonds is 3. The van der Waals surface area contributed by atoms with Gasteiger partial charge in [0.05, 0.1) is 5.56 Å². The van der Waals surface area contributed by atoms with Crippen LogP contribution in [0.3, 0.4) is 0 Å². The molecule has 0 radical (unpaired) electrons. The van der Waals surface area contributed by atoms with Crippen molar-refractivity contribution in [2.75, 3.05) is 13.1 Å². The van der Waals surface area contributed by atoms with Crippen LogP contribution in [0.15, 0.2) is 15.7 Å². The second-order valence-electron chi connectivity index (χ2n) is 6.50. The molecule has 0 atom stereocenters. The Kier molecular flexibility index (Phi) is 4.46. The fourth-order valence-corrected chi connectivity index (χ4v) is 5.43. The van der Waals surface area contributed by atoms with Gasteiger partial charge in [-0.15, -0.1) is 11.3 Å². The molecule has 1 aliphatic rings. The van der Waals surface area contributed by atoms with E-state index in [9.17, 15) is 13.2 Å². The normalized spacial score (nSPS) is 18.8. The van der Waals surface area contributed by atoms with E-state index in [0.717, 1.165) is 24.2 Å². The Balaban J connectivity index is 2.13. The predicted octanol–water partition coefficient (Wildman–Crippen LogP) is 2.89. The van der Waals surface area contributed by atoms with Crippen LogP contribution in [0.5, 0.6) is 0 Å². The average Bonchev–Trinajstić information content (AvgIpc) is 2.88. The van der Waals surface area contributed by atoms with Gasteiger partial charge in [0.25, 0.3) is 10.0 Å². The molecule has 1 aromatic rings. The highest BCUT2D eigenvalue weighted by Gasteiger charge is 2.34. The van der Waals surface area contributed by atoms with Gasteiger partial charge in [-0.25, -0.2) is 13.2 Å². The van der Waals surface area contributed by atoms with Crippen molar-refractivity contribution in [1.29, 1.82) is 0 Å². The molecule has 0 saturated carbocycles. The molecule has 0 spiro atoms. The van der Waals surface area contributed by atoms with Gasteiger partial charge in [-0.3, -0.25) is 0 Å². The van der Waals surface area contributed by atoms with Gasteiger partial charge in [0.15, 0.2) is 0 Å². The van der Waals surface area contributed by atoms with Crippen molar-refractivity contribution in [3.05, 3.63) is 17.0 Å². The zero-order valence-electron chi connectivity index (χ0n) is 12.5. The number of hydrogen-bond donors (Lipinski definition) is 1. The van der Waals surface area contributed by atoms with Crippen molar-refractivity contribution < 1.29 is 18.3 Å². The molecule has 1 aliphatic heterocycles. The minimum absolute atomic E-state index is 0.0307. The Morgan fingerprint density at radius 3 is 2.33 bits per heavy atom. The van der Waals surface area contributed by atoms with Crippen molar-refractivity contribution in [3.63, 3.8) is 0 Å². The quantitative estimate of drug-likeness (QED) is 0.924. The van der Waals surface area contributed by atoms with Crippen molar-refractivity contribution in [3.8, 4) is 0 Å². The van der Waals surface area contributed by atoms with Crippen LogP contribution in [0.1, 0.15) is 44.0 Å². The average molecular weight is 331 g/mol. The summed E-state index contributed by atoms with van der Waals surface area (Å²) >= 11 is 0.974. The predicted molar refractivity (Wildman–Crippen MR) is 82.2 cm³/mol. The highest BCUT2D eigenvalue weighted by molar-refractivity contribution is 7.91.